The lowest BCUT2D eigenvalue weighted by molar-refractivity contribution is -0.127. The van der Waals surface area contributed by atoms with Gasteiger partial charge in [0.2, 0.25) is 17.7 Å². The van der Waals surface area contributed by atoms with Crippen molar-refractivity contribution in [1.29, 1.82) is 0 Å². The third-order valence-corrected chi connectivity index (χ3v) is 4.67. The van der Waals surface area contributed by atoms with E-state index in [1.165, 1.54) is 18.2 Å². The molecule has 3 N–H and O–H groups in total. The molecule has 0 bridgehead atoms. The van der Waals surface area contributed by atoms with Crippen LogP contribution in [0.2, 0.25) is 0 Å². The summed E-state index contributed by atoms with van der Waals surface area (Å²) in [5, 5.41) is 7.88. The quantitative estimate of drug-likeness (QED) is 0.774. The van der Waals surface area contributed by atoms with Crippen molar-refractivity contribution in [2.24, 2.45) is 0 Å². The Balaban J connectivity index is 1.65. The summed E-state index contributed by atoms with van der Waals surface area (Å²) in [6, 6.07) is 9.47. The van der Waals surface area contributed by atoms with E-state index in [0.717, 1.165) is 11.1 Å². The van der Waals surface area contributed by atoms with Crippen molar-refractivity contribution in [1.82, 2.24) is 5.32 Å². The fourth-order valence-electron chi connectivity index (χ4n) is 3.04. The SMILES string of the molecule is Cc1cccc(NC(=O)CNC(=O)C2CC(=O)Nc3cc(F)ccc32)c1C. The van der Waals surface area contributed by atoms with Gasteiger partial charge < -0.3 is 16.0 Å². The van der Waals surface area contributed by atoms with Crippen LogP contribution < -0.4 is 16.0 Å². The molecular formula is C20H20FN3O3. The van der Waals surface area contributed by atoms with Crippen LogP contribution in [-0.2, 0) is 14.4 Å². The molecule has 2 aromatic rings. The predicted octanol–water partition coefficient (Wildman–Crippen LogP) is 2.62. The summed E-state index contributed by atoms with van der Waals surface area (Å²) in [5.41, 5.74) is 3.51. The Hall–Kier alpha value is -3.22. The zero-order chi connectivity index (χ0) is 19.6. The van der Waals surface area contributed by atoms with E-state index in [-0.39, 0.29) is 30.5 Å². The Labute approximate surface area is 156 Å². The minimum atomic E-state index is -0.761. The van der Waals surface area contributed by atoms with Crippen LogP contribution in [0.25, 0.3) is 0 Å². The van der Waals surface area contributed by atoms with Crippen LogP contribution in [0.1, 0.15) is 29.0 Å². The first kappa shape index (κ1) is 18.6. The van der Waals surface area contributed by atoms with Crippen LogP contribution in [0.3, 0.4) is 0 Å². The zero-order valence-corrected chi connectivity index (χ0v) is 15.1. The molecule has 0 spiro atoms. The summed E-state index contributed by atoms with van der Waals surface area (Å²) in [6.45, 7) is 3.63. The van der Waals surface area contributed by atoms with E-state index < -0.39 is 17.6 Å². The molecule has 0 fully saturated rings. The van der Waals surface area contributed by atoms with Crippen molar-refractivity contribution in [3.8, 4) is 0 Å². The lowest BCUT2D eigenvalue weighted by Gasteiger charge is -2.24. The highest BCUT2D eigenvalue weighted by molar-refractivity contribution is 6.02. The largest absolute Gasteiger partial charge is 0.346 e. The van der Waals surface area contributed by atoms with E-state index in [4.69, 9.17) is 0 Å². The fourth-order valence-corrected chi connectivity index (χ4v) is 3.04. The molecular weight excluding hydrogens is 349 g/mol. The molecule has 27 heavy (non-hydrogen) atoms. The Kier molecular flexibility index (Phi) is 5.21. The van der Waals surface area contributed by atoms with Crippen molar-refractivity contribution in [3.05, 3.63) is 58.9 Å². The van der Waals surface area contributed by atoms with Crippen LogP contribution in [0.5, 0.6) is 0 Å². The summed E-state index contributed by atoms with van der Waals surface area (Å²) in [7, 11) is 0. The maximum atomic E-state index is 13.4. The number of rotatable bonds is 4. The molecule has 3 rings (SSSR count). The van der Waals surface area contributed by atoms with Gasteiger partial charge in [-0.3, -0.25) is 14.4 Å². The molecule has 140 valence electrons. The van der Waals surface area contributed by atoms with Crippen molar-refractivity contribution >= 4 is 29.1 Å². The number of carbonyl (C=O) groups is 3. The molecule has 7 heteroatoms. The summed E-state index contributed by atoms with van der Waals surface area (Å²) in [5.74, 6) is -2.44. The standard InChI is InChI=1S/C20H20FN3O3/c1-11-4-3-5-16(12(11)2)23-19(26)10-22-20(27)15-9-18(25)24-17-8-13(21)6-7-14(15)17/h3-8,15H,9-10H2,1-2H3,(H,22,27)(H,23,26)(H,24,25). The Morgan fingerprint density at radius 2 is 2.00 bits per heavy atom. The zero-order valence-electron chi connectivity index (χ0n) is 15.1. The van der Waals surface area contributed by atoms with E-state index in [0.29, 0.717) is 11.3 Å². The molecule has 1 heterocycles. The number of hydrogen-bond acceptors (Lipinski definition) is 3. The number of aryl methyl sites for hydroxylation is 1. The molecule has 3 amide bonds. The first-order valence-corrected chi connectivity index (χ1v) is 8.58. The summed E-state index contributed by atoms with van der Waals surface area (Å²) in [6.07, 6.45) is -0.0525. The Bertz CT molecular complexity index is 927. The second kappa shape index (κ2) is 7.57. The topological polar surface area (TPSA) is 87.3 Å². The Morgan fingerprint density at radius 3 is 2.78 bits per heavy atom. The van der Waals surface area contributed by atoms with E-state index >= 15 is 0 Å². The molecule has 0 aliphatic carbocycles. The first-order valence-electron chi connectivity index (χ1n) is 8.58. The summed E-state index contributed by atoms with van der Waals surface area (Å²) >= 11 is 0. The molecule has 0 radical (unpaired) electrons. The van der Waals surface area contributed by atoms with Crippen LogP contribution in [0, 0.1) is 19.7 Å². The molecule has 1 atom stereocenters. The molecule has 0 saturated carbocycles. The number of anilines is 2. The molecule has 6 nitrogen and oxygen atoms in total. The van der Waals surface area contributed by atoms with Crippen molar-refractivity contribution in [2.45, 2.75) is 26.2 Å². The van der Waals surface area contributed by atoms with Gasteiger partial charge >= 0.3 is 0 Å². The van der Waals surface area contributed by atoms with E-state index in [1.807, 2.05) is 26.0 Å². The average Bonchev–Trinajstić information content (AvgIpc) is 2.62. The van der Waals surface area contributed by atoms with Gasteiger partial charge in [-0.05, 0) is 48.7 Å². The number of fused-ring (bicyclic) bond motifs is 1. The highest BCUT2D eigenvalue weighted by atomic mass is 19.1. The monoisotopic (exact) mass is 369 g/mol. The van der Waals surface area contributed by atoms with Crippen molar-refractivity contribution < 1.29 is 18.8 Å². The lowest BCUT2D eigenvalue weighted by Crippen LogP contribution is -2.39. The van der Waals surface area contributed by atoms with Gasteiger partial charge in [0.05, 0.1) is 12.5 Å². The molecule has 1 aliphatic rings. The number of carbonyl (C=O) groups excluding carboxylic acids is 3. The van der Waals surface area contributed by atoms with Gasteiger partial charge in [-0.1, -0.05) is 18.2 Å². The van der Waals surface area contributed by atoms with E-state index in [9.17, 15) is 18.8 Å². The van der Waals surface area contributed by atoms with Gasteiger partial charge in [0.15, 0.2) is 0 Å². The highest BCUT2D eigenvalue weighted by Gasteiger charge is 2.31. The van der Waals surface area contributed by atoms with Crippen LogP contribution in [0.15, 0.2) is 36.4 Å². The molecule has 1 aliphatic heterocycles. The van der Waals surface area contributed by atoms with E-state index in [2.05, 4.69) is 16.0 Å². The van der Waals surface area contributed by atoms with Gasteiger partial charge in [-0.2, -0.15) is 0 Å². The number of amides is 3. The van der Waals surface area contributed by atoms with Crippen LogP contribution in [-0.4, -0.2) is 24.3 Å². The minimum Gasteiger partial charge on any atom is -0.346 e. The van der Waals surface area contributed by atoms with Gasteiger partial charge in [-0.15, -0.1) is 0 Å². The maximum Gasteiger partial charge on any atom is 0.243 e. The predicted molar refractivity (Wildman–Crippen MR) is 99.9 cm³/mol. The third kappa shape index (κ3) is 4.13. The second-order valence-corrected chi connectivity index (χ2v) is 6.55. The van der Waals surface area contributed by atoms with E-state index in [1.54, 1.807) is 6.07 Å². The third-order valence-electron chi connectivity index (χ3n) is 4.67. The minimum absolute atomic E-state index is 0.0525. The number of hydrogen-bond donors (Lipinski definition) is 3. The van der Waals surface area contributed by atoms with Crippen molar-refractivity contribution in [2.75, 3.05) is 17.2 Å². The smallest absolute Gasteiger partial charge is 0.243 e. The van der Waals surface area contributed by atoms with Gasteiger partial charge in [0, 0.05) is 17.8 Å². The lowest BCUT2D eigenvalue weighted by atomic mass is 9.89. The molecule has 2 aromatic carbocycles. The summed E-state index contributed by atoms with van der Waals surface area (Å²) in [4.78, 5) is 36.5. The average molecular weight is 369 g/mol. The first-order chi connectivity index (χ1) is 12.8. The van der Waals surface area contributed by atoms with Crippen LogP contribution >= 0.6 is 0 Å². The molecule has 0 saturated heterocycles. The second-order valence-electron chi connectivity index (χ2n) is 6.55. The Morgan fingerprint density at radius 1 is 1.22 bits per heavy atom. The number of halogens is 1. The van der Waals surface area contributed by atoms with Gasteiger partial charge in [-0.25, -0.2) is 4.39 Å². The maximum absolute atomic E-state index is 13.4. The fraction of sp³-hybridized carbons (Fsp3) is 0.250. The van der Waals surface area contributed by atoms with Crippen LogP contribution in [0.4, 0.5) is 15.8 Å². The molecule has 0 aromatic heterocycles. The summed E-state index contributed by atoms with van der Waals surface area (Å²) < 4.78 is 13.4. The number of nitrogens with one attached hydrogen (secondary N) is 3. The van der Waals surface area contributed by atoms with Crippen molar-refractivity contribution in [3.63, 3.8) is 0 Å². The normalized spacial score (nSPS) is 15.5. The van der Waals surface area contributed by atoms with Gasteiger partial charge in [0.25, 0.3) is 0 Å². The van der Waals surface area contributed by atoms with Gasteiger partial charge in [0.1, 0.15) is 5.82 Å². The highest BCUT2D eigenvalue weighted by Crippen LogP contribution is 2.32. The molecule has 1 unspecified atom stereocenters. The number of benzene rings is 2.